The van der Waals surface area contributed by atoms with Crippen LogP contribution in [-0.4, -0.2) is 27.2 Å². The van der Waals surface area contributed by atoms with Crippen molar-refractivity contribution in [1.82, 2.24) is 20.1 Å². The molecule has 0 atom stereocenters. The Morgan fingerprint density at radius 1 is 1.18 bits per heavy atom. The van der Waals surface area contributed by atoms with Gasteiger partial charge in [-0.25, -0.2) is 0 Å². The van der Waals surface area contributed by atoms with Crippen molar-refractivity contribution in [3.8, 4) is 0 Å². The molecule has 142 valence electrons. The van der Waals surface area contributed by atoms with E-state index in [0.717, 1.165) is 16.6 Å². The average molecular weight is 395 g/mol. The van der Waals surface area contributed by atoms with Crippen molar-refractivity contribution in [2.45, 2.75) is 19.9 Å². The van der Waals surface area contributed by atoms with Crippen LogP contribution in [0.4, 0.5) is 0 Å². The van der Waals surface area contributed by atoms with Crippen LogP contribution in [0.25, 0.3) is 21.8 Å². The fourth-order valence-electron chi connectivity index (χ4n) is 3.40. The summed E-state index contributed by atoms with van der Waals surface area (Å²) in [4.78, 5) is 25.2. The third-order valence-corrected chi connectivity index (χ3v) is 5.06. The second-order valence-corrected chi connectivity index (χ2v) is 7.10. The predicted octanol–water partition coefficient (Wildman–Crippen LogP) is 3.66. The first-order chi connectivity index (χ1) is 13.6. The van der Waals surface area contributed by atoms with Crippen LogP contribution in [0.15, 0.2) is 53.3 Å². The maximum absolute atomic E-state index is 13.0. The number of carbonyl (C=O) groups is 1. The van der Waals surface area contributed by atoms with E-state index in [2.05, 4.69) is 15.5 Å². The Balaban J connectivity index is 1.54. The van der Waals surface area contributed by atoms with Gasteiger partial charge in [-0.3, -0.25) is 14.7 Å². The largest absolute Gasteiger partial charge is 0.352 e. The molecule has 2 aromatic heterocycles. The number of benzene rings is 2. The van der Waals surface area contributed by atoms with Crippen LogP contribution in [0.1, 0.15) is 22.5 Å². The number of aromatic nitrogens is 3. The number of nitrogens with zero attached hydrogens (tertiary/aromatic N) is 2. The summed E-state index contributed by atoms with van der Waals surface area (Å²) in [6.45, 7) is 2.81. The zero-order chi connectivity index (χ0) is 19.7. The lowest BCUT2D eigenvalue weighted by Crippen LogP contribution is -2.27. The number of rotatable bonds is 5. The van der Waals surface area contributed by atoms with Gasteiger partial charge in [0.1, 0.15) is 5.52 Å². The Kier molecular flexibility index (Phi) is 4.88. The molecule has 0 aliphatic carbocycles. The predicted molar refractivity (Wildman–Crippen MR) is 111 cm³/mol. The molecule has 0 fully saturated rings. The molecule has 4 rings (SSSR count). The van der Waals surface area contributed by atoms with Crippen LogP contribution in [0.3, 0.4) is 0 Å². The number of nitrogens with one attached hydrogen (secondary N) is 2. The number of hydrogen-bond donors (Lipinski definition) is 2. The number of para-hydroxylation sites is 1. The number of pyridine rings is 1. The van der Waals surface area contributed by atoms with Crippen LogP contribution in [0, 0.1) is 6.92 Å². The number of carbonyl (C=O) groups excluding carboxylic acids is 1. The van der Waals surface area contributed by atoms with Gasteiger partial charge in [-0.1, -0.05) is 29.8 Å². The molecule has 28 heavy (non-hydrogen) atoms. The third-order valence-electron chi connectivity index (χ3n) is 4.81. The van der Waals surface area contributed by atoms with Gasteiger partial charge in [-0.05, 0) is 43.7 Å². The van der Waals surface area contributed by atoms with Gasteiger partial charge in [-0.2, -0.15) is 5.10 Å². The van der Waals surface area contributed by atoms with Crippen LogP contribution in [0.2, 0.25) is 5.02 Å². The van der Waals surface area contributed by atoms with Gasteiger partial charge in [-0.15, -0.1) is 0 Å². The summed E-state index contributed by atoms with van der Waals surface area (Å²) in [6, 6.07) is 14.5. The van der Waals surface area contributed by atoms with E-state index in [0.29, 0.717) is 41.0 Å². The van der Waals surface area contributed by atoms with Gasteiger partial charge in [0.05, 0.1) is 10.9 Å². The summed E-state index contributed by atoms with van der Waals surface area (Å²) >= 11 is 5.85. The molecule has 0 bridgehead atoms. The molecule has 2 aromatic carbocycles. The minimum atomic E-state index is -0.157. The number of hydrogen-bond acceptors (Lipinski definition) is 3. The van der Waals surface area contributed by atoms with Crippen molar-refractivity contribution in [3.63, 3.8) is 0 Å². The number of aromatic amines is 1. The van der Waals surface area contributed by atoms with Crippen molar-refractivity contribution >= 4 is 39.3 Å². The molecular weight excluding hydrogens is 376 g/mol. The van der Waals surface area contributed by atoms with E-state index in [4.69, 9.17) is 11.6 Å². The first-order valence-corrected chi connectivity index (χ1v) is 9.44. The molecule has 0 aliphatic heterocycles. The first kappa shape index (κ1) is 18.3. The smallest absolute Gasteiger partial charge is 0.262 e. The number of H-pyrrole nitrogens is 1. The lowest BCUT2D eigenvalue weighted by molar-refractivity contribution is 0.0953. The summed E-state index contributed by atoms with van der Waals surface area (Å²) in [6.07, 6.45) is 0.631. The van der Waals surface area contributed by atoms with Crippen molar-refractivity contribution < 1.29 is 4.79 Å². The fraction of sp³-hybridized carbons (Fsp3) is 0.190. The molecule has 0 aliphatic rings. The van der Waals surface area contributed by atoms with E-state index in [9.17, 15) is 9.59 Å². The van der Waals surface area contributed by atoms with E-state index in [1.807, 2.05) is 31.2 Å². The Morgan fingerprint density at radius 2 is 1.93 bits per heavy atom. The van der Waals surface area contributed by atoms with Gasteiger partial charge in [0.25, 0.3) is 11.5 Å². The van der Waals surface area contributed by atoms with Crippen LogP contribution in [-0.2, 0) is 6.54 Å². The number of fused-ring (bicyclic) bond motifs is 3. The number of halogens is 1. The van der Waals surface area contributed by atoms with Gasteiger partial charge in [0, 0.05) is 34.8 Å². The highest BCUT2D eigenvalue weighted by Gasteiger charge is 2.14. The summed E-state index contributed by atoms with van der Waals surface area (Å²) in [5.41, 5.74) is 2.79. The molecule has 0 unspecified atom stereocenters. The molecule has 6 nitrogen and oxygen atoms in total. The van der Waals surface area contributed by atoms with Gasteiger partial charge < -0.3 is 9.88 Å². The molecule has 0 saturated heterocycles. The number of amides is 1. The molecule has 0 spiro atoms. The molecule has 1 amide bonds. The van der Waals surface area contributed by atoms with Gasteiger partial charge in [0.2, 0.25) is 0 Å². The lowest BCUT2D eigenvalue weighted by Gasteiger charge is -2.12. The lowest BCUT2D eigenvalue weighted by atomic mass is 10.1. The standard InChI is InChI=1S/C21H19ClN4O2/c1-13-18-19(25-24-13)16-5-2-3-6-17(16)26(21(18)28)12-4-11-23-20(27)14-7-9-15(22)10-8-14/h2-3,5-10H,4,11-12H2,1H3,(H,23,27)(H,24,25). The first-order valence-electron chi connectivity index (χ1n) is 9.06. The molecule has 2 N–H and O–H groups in total. The minimum Gasteiger partial charge on any atom is -0.352 e. The summed E-state index contributed by atoms with van der Waals surface area (Å²) in [5.74, 6) is -0.157. The second kappa shape index (κ2) is 7.48. The van der Waals surface area contributed by atoms with E-state index < -0.39 is 0 Å². The van der Waals surface area contributed by atoms with Crippen LogP contribution >= 0.6 is 11.6 Å². The van der Waals surface area contributed by atoms with Crippen molar-refractivity contribution in [1.29, 1.82) is 0 Å². The van der Waals surface area contributed by atoms with Gasteiger partial charge in [0.15, 0.2) is 0 Å². The zero-order valence-corrected chi connectivity index (χ0v) is 16.1. The Morgan fingerprint density at radius 3 is 2.71 bits per heavy atom. The van der Waals surface area contributed by atoms with Crippen molar-refractivity contribution in [2.24, 2.45) is 0 Å². The molecule has 0 saturated carbocycles. The molecular formula is C21H19ClN4O2. The molecule has 0 radical (unpaired) electrons. The summed E-state index contributed by atoms with van der Waals surface area (Å²) in [5, 5.41) is 12.2. The summed E-state index contributed by atoms with van der Waals surface area (Å²) < 4.78 is 1.76. The Bertz CT molecular complexity index is 1230. The topological polar surface area (TPSA) is 79.8 Å². The average Bonchev–Trinajstić information content (AvgIpc) is 3.10. The van der Waals surface area contributed by atoms with Crippen LogP contribution in [0.5, 0.6) is 0 Å². The number of aryl methyl sites for hydroxylation is 2. The highest BCUT2D eigenvalue weighted by atomic mass is 35.5. The Labute approximate surface area is 166 Å². The van der Waals surface area contributed by atoms with Gasteiger partial charge >= 0.3 is 0 Å². The maximum atomic E-state index is 13.0. The van der Waals surface area contributed by atoms with E-state index in [1.165, 1.54) is 0 Å². The second-order valence-electron chi connectivity index (χ2n) is 6.66. The fourth-order valence-corrected chi connectivity index (χ4v) is 3.53. The van der Waals surface area contributed by atoms with Crippen LogP contribution < -0.4 is 10.9 Å². The monoisotopic (exact) mass is 394 g/mol. The van der Waals surface area contributed by atoms with Crippen molar-refractivity contribution in [3.05, 3.63) is 75.2 Å². The quantitative estimate of drug-likeness (QED) is 0.507. The van der Waals surface area contributed by atoms with E-state index in [1.54, 1.807) is 28.8 Å². The molecule has 4 aromatic rings. The Hall–Kier alpha value is -3.12. The SMILES string of the molecule is Cc1[nH]nc2c1c(=O)n(CCCNC(=O)c1ccc(Cl)cc1)c1ccccc21. The van der Waals surface area contributed by atoms with Crippen molar-refractivity contribution in [2.75, 3.05) is 6.54 Å². The van der Waals surface area contributed by atoms with E-state index in [-0.39, 0.29) is 11.5 Å². The third kappa shape index (κ3) is 3.27. The normalized spacial score (nSPS) is 11.2. The summed E-state index contributed by atoms with van der Waals surface area (Å²) in [7, 11) is 0. The molecule has 2 heterocycles. The molecule has 7 heteroatoms. The van der Waals surface area contributed by atoms with E-state index >= 15 is 0 Å². The highest BCUT2D eigenvalue weighted by Crippen LogP contribution is 2.22. The highest BCUT2D eigenvalue weighted by molar-refractivity contribution is 6.30. The zero-order valence-electron chi connectivity index (χ0n) is 15.3. The minimum absolute atomic E-state index is 0.0658. The maximum Gasteiger partial charge on any atom is 0.262 e.